The zero-order chi connectivity index (χ0) is 23.5. The van der Waals surface area contributed by atoms with Crippen molar-refractivity contribution in [2.24, 2.45) is 5.73 Å². The van der Waals surface area contributed by atoms with E-state index in [9.17, 15) is 4.79 Å². The Labute approximate surface area is 196 Å². The van der Waals surface area contributed by atoms with Crippen LogP contribution in [0.2, 0.25) is 5.02 Å². The lowest BCUT2D eigenvalue weighted by Gasteiger charge is -2.17. The molecule has 0 aliphatic heterocycles. The molecule has 0 unspecified atom stereocenters. The Bertz CT molecular complexity index is 1360. The minimum absolute atomic E-state index is 0.182. The fourth-order valence-corrected chi connectivity index (χ4v) is 3.98. The van der Waals surface area contributed by atoms with E-state index in [-0.39, 0.29) is 5.56 Å². The lowest BCUT2D eigenvalue weighted by Crippen LogP contribution is -2.24. The van der Waals surface area contributed by atoms with Gasteiger partial charge in [0.2, 0.25) is 5.75 Å². The molecule has 0 saturated carbocycles. The van der Waals surface area contributed by atoms with Crippen LogP contribution in [0.25, 0.3) is 22.3 Å². The van der Waals surface area contributed by atoms with Crippen molar-refractivity contribution in [1.82, 2.24) is 9.55 Å². The highest BCUT2D eigenvalue weighted by atomic mass is 35.5. The summed E-state index contributed by atoms with van der Waals surface area (Å²) in [5.74, 6) is 1.83. The van der Waals surface area contributed by atoms with Crippen molar-refractivity contribution in [3.63, 3.8) is 0 Å². The molecule has 3 aromatic carbocycles. The van der Waals surface area contributed by atoms with Crippen LogP contribution >= 0.6 is 11.6 Å². The first-order valence-corrected chi connectivity index (χ1v) is 10.6. The molecule has 0 saturated heterocycles. The van der Waals surface area contributed by atoms with Gasteiger partial charge in [-0.3, -0.25) is 9.36 Å². The smallest absolute Gasteiger partial charge is 0.261 e. The van der Waals surface area contributed by atoms with E-state index < -0.39 is 0 Å². The maximum atomic E-state index is 13.6. The van der Waals surface area contributed by atoms with Crippen molar-refractivity contribution < 1.29 is 14.2 Å². The second-order valence-electron chi connectivity index (χ2n) is 7.43. The fourth-order valence-electron chi connectivity index (χ4n) is 3.81. The van der Waals surface area contributed by atoms with E-state index in [0.29, 0.717) is 57.7 Å². The molecule has 8 heteroatoms. The summed E-state index contributed by atoms with van der Waals surface area (Å²) in [6.07, 6.45) is 0. The lowest BCUT2D eigenvalue weighted by atomic mass is 10.1. The van der Waals surface area contributed by atoms with Crippen LogP contribution in [0.5, 0.6) is 17.2 Å². The third kappa shape index (κ3) is 4.37. The van der Waals surface area contributed by atoms with Gasteiger partial charge in [-0.2, -0.15) is 0 Å². The number of aromatic nitrogens is 2. The van der Waals surface area contributed by atoms with Gasteiger partial charge in [0, 0.05) is 17.1 Å². The number of nitrogens with two attached hydrogens (primary N) is 1. The highest BCUT2D eigenvalue weighted by molar-refractivity contribution is 6.31. The van der Waals surface area contributed by atoms with Crippen LogP contribution in [0.15, 0.2) is 59.4 Å². The van der Waals surface area contributed by atoms with Crippen molar-refractivity contribution in [1.29, 1.82) is 0 Å². The molecule has 0 aliphatic carbocycles. The Hall–Kier alpha value is -3.55. The summed E-state index contributed by atoms with van der Waals surface area (Å²) in [4.78, 5) is 18.4. The number of benzene rings is 3. The summed E-state index contributed by atoms with van der Waals surface area (Å²) in [6, 6.07) is 16.4. The van der Waals surface area contributed by atoms with E-state index in [1.165, 1.54) is 7.11 Å². The summed E-state index contributed by atoms with van der Waals surface area (Å²) in [6.45, 7) is 0.723. The van der Waals surface area contributed by atoms with Crippen LogP contribution in [0, 0.1) is 0 Å². The van der Waals surface area contributed by atoms with Crippen molar-refractivity contribution >= 4 is 22.5 Å². The molecule has 33 heavy (non-hydrogen) atoms. The second-order valence-corrected chi connectivity index (χ2v) is 7.86. The normalized spacial score (nSPS) is 10.9. The van der Waals surface area contributed by atoms with Crippen LogP contribution < -0.4 is 25.5 Å². The molecule has 0 aliphatic rings. The number of fused-ring (bicyclic) bond motifs is 1. The van der Waals surface area contributed by atoms with E-state index >= 15 is 0 Å². The highest BCUT2D eigenvalue weighted by Crippen LogP contribution is 2.41. The average Bonchev–Trinajstić information content (AvgIpc) is 2.84. The zero-order valence-electron chi connectivity index (χ0n) is 18.6. The number of hydrogen-bond acceptors (Lipinski definition) is 6. The monoisotopic (exact) mass is 465 g/mol. The Morgan fingerprint density at radius 1 is 0.939 bits per heavy atom. The Balaban J connectivity index is 2.00. The van der Waals surface area contributed by atoms with Gasteiger partial charge in [-0.05, 0) is 41.5 Å². The molecule has 0 spiro atoms. The molecule has 0 radical (unpaired) electrons. The predicted molar refractivity (Wildman–Crippen MR) is 130 cm³/mol. The topological polar surface area (TPSA) is 88.6 Å². The first-order chi connectivity index (χ1) is 16.0. The minimum atomic E-state index is -0.182. The molecule has 2 N–H and O–H groups in total. The van der Waals surface area contributed by atoms with E-state index in [0.717, 1.165) is 11.1 Å². The summed E-state index contributed by atoms with van der Waals surface area (Å²) >= 11 is 6.19. The fraction of sp³-hybridized carbons (Fsp3) is 0.200. The largest absolute Gasteiger partial charge is 0.493 e. The first-order valence-electron chi connectivity index (χ1n) is 10.3. The number of nitrogens with zero attached hydrogens (tertiary/aromatic N) is 2. The summed E-state index contributed by atoms with van der Waals surface area (Å²) in [5, 5.41) is 0.976. The van der Waals surface area contributed by atoms with Gasteiger partial charge in [0.25, 0.3) is 5.56 Å². The summed E-state index contributed by atoms with van der Waals surface area (Å²) in [7, 11) is 4.62. The molecule has 0 fully saturated rings. The van der Waals surface area contributed by atoms with Gasteiger partial charge < -0.3 is 19.9 Å². The molecule has 1 aromatic heterocycles. The maximum Gasteiger partial charge on any atom is 0.261 e. The number of halogens is 1. The Kier molecular flexibility index (Phi) is 6.53. The third-order valence-corrected chi connectivity index (χ3v) is 5.64. The van der Waals surface area contributed by atoms with Crippen LogP contribution in [0.4, 0.5) is 0 Å². The summed E-state index contributed by atoms with van der Waals surface area (Å²) < 4.78 is 18.1. The third-order valence-electron chi connectivity index (χ3n) is 5.41. The van der Waals surface area contributed by atoms with Gasteiger partial charge in [0.05, 0.1) is 38.8 Å². The Morgan fingerprint density at radius 3 is 2.27 bits per heavy atom. The van der Waals surface area contributed by atoms with Crippen molar-refractivity contribution in [3.8, 4) is 28.6 Å². The molecular formula is C25H24ClN3O4. The zero-order valence-corrected chi connectivity index (χ0v) is 19.3. The number of hydrogen-bond donors (Lipinski definition) is 1. The van der Waals surface area contributed by atoms with Crippen LogP contribution in [-0.4, -0.2) is 30.9 Å². The molecule has 170 valence electrons. The van der Waals surface area contributed by atoms with Gasteiger partial charge in [0.1, 0.15) is 5.82 Å². The van der Waals surface area contributed by atoms with Crippen molar-refractivity contribution in [3.05, 3.63) is 81.1 Å². The van der Waals surface area contributed by atoms with Crippen LogP contribution in [0.3, 0.4) is 0 Å². The van der Waals surface area contributed by atoms with Gasteiger partial charge >= 0.3 is 0 Å². The molecule has 4 rings (SSSR count). The molecule has 0 atom stereocenters. The number of ether oxygens (including phenoxy) is 3. The van der Waals surface area contributed by atoms with Gasteiger partial charge in [-0.1, -0.05) is 35.9 Å². The molecule has 0 bridgehead atoms. The highest BCUT2D eigenvalue weighted by Gasteiger charge is 2.19. The van der Waals surface area contributed by atoms with E-state index in [1.54, 1.807) is 49.1 Å². The first kappa shape index (κ1) is 22.6. The lowest BCUT2D eigenvalue weighted by molar-refractivity contribution is 0.324. The molecular weight excluding hydrogens is 442 g/mol. The number of rotatable bonds is 7. The van der Waals surface area contributed by atoms with Gasteiger partial charge in [0.15, 0.2) is 11.5 Å². The van der Waals surface area contributed by atoms with E-state index in [1.807, 2.05) is 24.3 Å². The molecule has 1 heterocycles. The van der Waals surface area contributed by atoms with Crippen molar-refractivity contribution in [2.45, 2.75) is 13.1 Å². The predicted octanol–water partition coefficient (Wildman–Crippen LogP) is 4.25. The molecule has 0 amide bonds. The van der Waals surface area contributed by atoms with Crippen LogP contribution in [-0.2, 0) is 13.1 Å². The van der Waals surface area contributed by atoms with E-state index in [2.05, 4.69) is 0 Å². The van der Waals surface area contributed by atoms with Crippen LogP contribution in [0.1, 0.15) is 11.1 Å². The minimum Gasteiger partial charge on any atom is -0.493 e. The Morgan fingerprint density at radius 2 is 1.64 bits per heavy atom. The maximum absolute atomic E-state index is 13.6. The molecule has 7 nitrogen and oxygen atoms in total. The average molecular weight is 466 g/mol. The van der Waals surface area contributed by atoms with Gasteiger partial charge in [-0.15, -0.1) is 0 Å². The standard InChI is InChI=1S/C25H24ClN3O4/c1-31-21-10-17(11-22(32-2)23(21)33-3)24-28-20-12-18(26)7-8-19(20)25(30)29(24)14-16-6-4-5-15(9-16)13-27/h4-12H,13-14,27H2,1-3H3. The molecule has 4 aromatic rings. The summed E-state index contributed by atoms with van der Waals surface area (Å²) in [5.41, 5.74) is 8.68. The van der Waals surface area contributed by atoms with E-state index in [4.69, 9.17) is 36.5 Å². The SMILES string of the molecule is COc1cc(-c2nc3cc(Cl)ccc3c(=O)n2Cc2cccc(CN)c2)cc(OC)c1OC. The van der Waals surface area contributed by atoms with Crippen molar-refractivity contribution in [2.75, 3.05) is 21.3 Å². The number of methoxy groups -OCH3 is 3. The second kappa shape index (κ2) is 9.52. The quantitative estimate of drug-likeness (QED) is 0.439. The van der Waals surface area contributed by atoms with Gasteiger partial charge in [-0.25, -0.2) is 4.98 Å².